The first-order chi connectivity index (χ1) is 16.9. The summed E-state index contributed by atoms with van der Waals surface area (Å²) in [4.78, 5) is 12.3. The van der Waals surface area contributed by atoms with E-state index >= 15 is 0 Å². The Hall–Kier alpha value is -4.46. The fraction of sp³-hybridized carbons (Fsp3) is 0.148. The summed E-state index contributed by atoms with van der Waals surface area (Å²) in [6, 6.07) is 12.3. The van der Waals surface area contributed by atoms with Gasteiger partial charge in [-0.3, -0.25) is 4.79 Å². The predicted octanol–water partition coefficient (Wildman–Crippen LogP) is 5.54. The molecular formula is C27H26FNO6. The number of anilines is 1. The largest absolute Gasteiger partial charge is 0.503 e. The Morgan fingerprint density at radius 1 is 0.886 bits per heavy atom. The van der Waals surface area contributed by atoms with Crippen molar-refractivity contribution in [3.05, 3.63) is 83.3 Å². The Balaban J connectivity index is 1.92. The van der Waals surface area contributed by atoms with Gasteiger partial charge in [0, 0.05) is 23.4 Å². The van der Waals surface area contributed by atoms with Crippen LogP contribution in [-0.2, 0) is 0 Å². The average Bonchev–Trinajstić information content (AvgIpc) is 2.87. The van der Waals surface area contributed by atoms with Crippen molar-refractivity contribution in [3.8, 4) is 28.7 Å². The molecule has 0 saturated carbocycles. The lowest BCUT2D eigenvalue weighted by Crippen LogP contribution is -1.98. The lowest BCUT2D eigenvalue weighted by molar-refractivity contribution is 0.104. The second-order valence-corrected chi connectivity index (χ2v) is 7.22. The third-order valence-corrected chi connectivity index (χ3v) is 5.11. The highest BCUT2D eigenvalue weighted by atomic mass is 19.1. The Morgan fingerprint density at radius 2 is 1.57 bits per heavy atom. The number of aromatic hydroxyl groups is 1. The maximum Gasteiger partial charge on any atom is 0.203 e. The SMILES string of the molecule is COc1ccc(C=Cc2cc(OC)c(OC)c(OC)c2)c(NC=CC(=O)c2cccc(F)c2)c1O. The molecule has 3 aromatic carbocycles. The van der Waals surface area contributed by atoms with Gasteiger partial charge >= 0.3 is 0 Å². The molecule has 3 rings (SSSR count). The zero-order valence-electron chi connectivity index (χ0n) is 19.8. The van der Waals surface area contributed by atoms with E-state index in [9.17, 15) is 14.3 Å². The van der Waals surface area contributed by atoms with Gasteiger partial charge in [0.05, 0.1) is 34.1 Å². The second kappa shape index (κ2) is 11.6. The van der Waals surface area contributed by atoms with Crippen LogP contribution in [0.2, 0.25) is 0 Å². The lowest BCUT2D eigenvalue weighted by Gasteiger charge is -2.13. The van der Waals surface area contributed by atoms with E-state index in [0.29, 0.717) is 28.5 Å². The van der Waals surface area contributed by atoms with Crippen LogP contribution in [0.3, 0.4) is 0 Å². The number of methoxy groups -OCH3 is 4. The molecule has 0 bridgehead atoms. The summed E-state index contributed by atoms with van der Waals surface area (Å²) < 4.78 is 34.7. The molecule has 0 unspecified atom stereocenters. The molecule has 182 valence electrons. The molecule has 0 amide bonds. The summed E-state index contributed by atoms with van der Waals surface area (Å²) in [5.41, 5.74) is 1.90. The molecule has 0 fully saturated rings. The normalized spacial score (nSPS) is 11.0. The van der Waals surface area contributed by atoms with Crippen molar-refractivity contribution in [1.82, 2.24) is 0 Å². The molecule has 7 nitrogen and oxygen atoms in total. The molecule has 0 saturated heterocycles. The van der Waals surface area contributed by atoms with Gasteiger partial charge in [0.1, 0.15) is 5.82 Å². The molecule has 8 heteroatoms. The number of carbonyl (C=O) groups excluding carboxylic acids is 1. The monoisotopic (exact) mass is 479 g/mol. The molecule has 0 heterocycles. The van der Waals surface area contributed by atoms with E-state index in [1.54, 1.807) is 36.4 Å². The Bertz CT molecular complexity index is 1240. The summed E-state index contributed by atoms with van der Waals surface area (Å²) in [6.07, 6.45) is 6.20. The lowest BCUT2D eigenvalue weighted by atomic mass is 10.1. The Morgan fingerprint density at radius 3 is 2.17 bits per heavy atom. The van der Waals surface area contributed by atoms with Crippen LogP contribution < -0.4 is 24.3 Å². The highest BCUT2D eigenvalue weighted by molar-refractivity contribution is 6.04. The summed E-state index contributed by atoms with van der Waals surface area (Å²) in [5.74, 6) is 0.701. The number of hydrogen-bond donors (Lipinski definition) is 2. The van der Waals surface area contributed by atoms with Crippen LogP contribution in [0.1, 0.15) is 21.5 Å². The van der Waals surface area contributed by atoms with Crippen LogP contribution in [0, 0.1) is 5.82 Å². The Labute approximate surface area is 203 Å². The molecule has 0 radical (unpaired) electrons. The fourth-order valence-electron chi connectivity index (χ4n) is 3.37. The van der Waals surface area contributed by atoms with Gasteiger partial charge in [-0.15, -0.1) is 0 Å². The van der Waals surface area contributed by atoms with Crippen molar-refractivity contribution >= 4 is 23.6 Å². The Kier molecular flexibility index (Phi) is 8.34. The second-order valence-electron chi connectivity index (χ2n) is 7.22. The zero-order valence-corrected chi connectivity index (χ0v) is 19.8. The van der Waals surface area contributed by atoms with Crippen LogP contribution in [-0.4, -0.2) is 39.3 Å². The summed E-state index contributed by atoms with van der Waals surface area (Å²) in [6.45, 7) is 0. The van der Waals surface area contributed by atoms with Gasteiger partial charge in [-0.25, -0.2) is 4.39 Å². The van der Waals surface area contributed by atoms with E-state index in [1.165, 1.54) is 58.9 Å². The van der Waals surface area contributed by atoms with E-state index in [2.05, 4.69) is 5.32 Å². The molecule has 0 aliphatic carbocycles. The van der Waals surface area contributed by atoms with Crippen molar-refractivity contribution in [2.24, 2.45) is 0 Å². The van der Waals surface area contributed by atoms with Gasteiger partial charge in [-0.05, 0) is 42.0 Å². The maximum atomic E-state index is 13.4. The molecule has 35 heavy (non-hydrogen) atoms. The van der Waals surface area contributed by atoms with Gasteiger partial charge in [0.2, 0.25) is 5.75 Å². The molecule has 0 aromatic heterocycles. The first-order valence-electron chi connectivity index (χ1n) is 10.5. The molecule has 3 aromatic rings. The standard InChI is InChI=1S/C27H26FNO6/c1-32-22-11-10-18(9-8-17-14-23(33-2)27(35-4)24(15-17)34-3)25(26(22)31)29-13-12-21(30)19-6-5-7-20(28)16-19/h5-16,29,31H,1-4H3. The van der Waals surface area contributed by atoms with Gasteiger partial charge in [0.15, 0.2) is 28.8 Å². The number of ketones is 1. The van der Waals surface area contributed by atoms with Crippen LogP contribution in [0.4, 0.5) is 10.1 Å². The molecule has 0 aliphatic heterocycles. The van der Waals surface area contributed by atoms with Crippen molar-refractivity contribution in [3.63, 3.8) is 0 Å². The highest BCUT2D eigenvalue weighted by Gasteiger charge is 2.14. The number of phenols is 1. The predicted molar refractivity (Wildman–Crippen MR) is 133 cm³/mol. The van der Waals surface area contributed by atoms with Gasteiger partial charge in [-0.2, -0.15) is 0 Å². The topological polar surface area (TPSA) is 86.3 Å². The molecule has 0 spiro atoms. The van der Waals surface area contributed by atoms with Crippen LogP contribution in [0.15, 0.2) is 60.8 Å². The number of benzene rings is 3. The average molecular weight is 480 g/mol. The van der Waals surface area contributed by atoms with Crippen molar-refractivity contribution < 1.29 is 33.2 Å². The number of halogens is 1. The van der Waals surface area contributed by atoms with Gasteiger partial charge in [0.25, 0.3) is 0 Å². The van der Waals surface area contributed by atoms with Crippen molar-refractivity contribution in [1.29, 1.82) is 0 Å². The number of ether oxygens (including phenoxy) is 4. The summed E-state index contributed by atoms with van der Waals surface area (Å²) in [7, 11) is 6.03. The summed E-state index contributed by atoms with van der Waals surface area (Å²) in [5, 5.41) is 13.6. The highest BCUT2D eigenvalue weighted by Crippen LogP contribution is 2.40. The van der Waals surface area contributed by atoms with Gasteiger partial charge in [-0.1, -0.05) is 24.3 Å². The van der Waals surface area contributed by atoms with E-state index in [-0.39, 0.29) is 17.1 Å². The third-order valence-electron chi connectivity index (χ3n) is 5.11. The number of phenolic OH excluding ortho intramolecular Hbond substituents is 1. The quantitative estimate of drug-likeness (QED) is 0.171. The fourth-order valence-corrected chi connectivity index (χ4v) is 3.37. The smallest absolute Gasteiger partial charge is 0.203 e. The van der Waals surface area contributed by atoms with Crippen molar-refractivity contribution in [2.75, 3.05) is 33.8 Å². The molecular weight excluding hydrogens is 453 g/mol. The summed E-state index contributed by atoms with van der Waals surface area (Å²) >= 11 is 0. The van der Waals surface area contributed by atoms with E-state index in [0.717, 1.165) is 11.6 Å². The number of allylic oxidation sites excluding steroid dienone is 1. The molecule has 2 N–H and O–H groups in total. The minimum absolute atomic E-state index is 0.137. The first kappa shape index (κ1) is 25.2. The van der Waals surface area contributed by atoms with E-state index < -0.39 is 11.6 Å². The van der Waals surface area contributed by atoms with Crippen LogP contribution in [0.25, 0.3) is 12.2 Å². The number of carbonyl (C=O) groups is 1. The minimum Gasteiger partial charge on any atom is -0.503 e. The molecule has 0 aliphatic rings. The number of rotatable bonds is 10. The first-order valence-corrected chi connectivity index (χ1v) is 10.5. The zero-order chi connectivity index (χ0) is 25.4. The minimum atomic E-state index is -0.498. The van der Waals surface area contributed by atoms with Crippen LogP contribution in [0.5, 0.6) is 28.7 Å². The number of nitrogens with one attached hydrogen (secondary N) is 1. The van der Waals surface area contributed by atoms with Crippen LogP contribution >= 0.6 is 0 Å². The maximum absolute atomic E-state index is 13.4. The van der Waals surface area contributed by atoms with Gasteiger partial charge < -0.3 is 29.4 Å². The van der Waals surface area contributed by atoms with E-state index in [4.69, 9.17) is 18.9 Å². The molecule has 0 atom stereocenters. The number of hydrogen-bond acceptors (Lipinski definition) is 7. The van der Waals surface area contributed by atoms with E-state index in [1.807, 2.05) is 0 Å². The third kappa shape index (κ3) is 5.92. The van der Waals surface area contributed by atoms with Crippen molar-refractivity contribution in [2.45, 2.75) is 0 Å².